The fourth-order valence-electron chi connectivity index (χ4n) is 1.47. The molecule has 0 spiro atoms. The van der Waals surface area contributed by atoms with Crippen molar-refractivity contribution in [2.24, 2.45) is 0 Å². The topological polar surface area (TPSA) is 35.5 Å². The molecule has 0 aliphatic heterocycles. The second-order valence-electron chi connectivity index (χ2n) is 3.58. The van der Waals surface area contributed by atoms with Gasteiger partial charge in [0.15, 0.2) is 11.5 Å². The second-order valence-corrected chi connectivity index (χ2v) is 4.83. The minimum absolute atomic E-state index is 0.622. The molecule has 0 aliphatic carbocycles. The Bertz CT molecular complexity index is 549. The third-order valence-corrected chi connectivity index (χ3v) is 3.04. The summed E-state index contributed by atoms with van der Waals surface area (Å²) in [5, 5.41) is 0. The lowest BCUT2D eigenvalue weighted by molar-refractivity contribution is 0.112. The van der Waals surface area contributed by atoms with E-state index in [0.29, 0.717) is 22.8 Å². The van der Waals surface area contributed by atoms with Crippen LogP contribution in [-0.2, 0) is 0 Å². The predicted octanol–water partition coefficient (Wildman–Crippen LogP) is 3.90. The Hall–Kier alpha value is -1.56. The molecule has 2 rings (SSSR count). The number of hydrogen-bond acceptors (Lipinski definition) is 3. The van der Waals surface area contributed by atoms with E-state index in [9.17, 15) is 4.79 Å². The fourth-order valence-corrected chi connectivity index (χ4v) is 1.93. The lowest BCUT2D eigenvalue weighted by Crippen LogP contribution is -1.91. The van der Waals surface area contributed by atoms with E-state index in [2.05, 4.69) is 22.6 Å². The molecular weight excluding hydrogens is 343 g/mol. The van der Waals surface area contributed by atoms with Gasteiger partial charge in [-0.2, -0.15) is 0 Å². The summed E-state index contributed by atoms with van der Waals surface area (Å²) in [7, 11) is 1.60. The molecule has 2 aromatic carbocycles. The molecule has 0 atom stereocenters. The zero-order chi connectivity index (χ0) is 13.0. The highest BCUT2D eigenvalue weighted by molar-refractivity contribution is 14.1. The normalized spacial score (nSPS) is 9.89. The average molecular weight is 354 g/mol. The van der Waals surface area contributed by atoms with Gasteiger partial charge in [0.1, 0.15) is 12.0 Å². The first-order valence-electron chi connectivity index (χ1n) is 5.29. The number of carbonyl (C=O) groups is 1. The SMILES string of the molecule is COc1ccc(I)cc1Oc1ccc(C=O)cc1. The molecule has 0 radical (unpaired) electrons. The lowest BCUT2D eigenvalue weighted by Gasteiger charge is -2.10. The highest BCUT2D eigenvalue weighted by Gasteiger charge is 2.06. The van der Waals surface area contributed by atoms with Crippen LogP contribution in [-0.4, -0.2) is 13.4 Å². The molecule has 3 nitrogen and oxygen atoms in total. The number of carbonyl (C=O) groups excluding carboxylic acids is 1. The van der Waals surface area contributed by atoms with Crippen LogP contribution in [0, 0.1) is 3.57 Å². The van der Waals surface area contributed by atoms with Gasteiger partial charge in [-0.05, 0) is 65.1 Å². The second kappa shape index (κ2) is 5.86. The van der Waals surface area contributed by atoms with Gasteiger partial charge in [0, 0.05) is 9.13 Å². The van der Waals surface area contributed by atoms with Gasteiger partial charge in [0.2, 0.25) is 0 Å². The quantitative estimate of drug-likeness (QED) is 0.617. The minimum atomic E-state index is 0.622. The first-order valence-corrected chi connectivity index (χ1v) is 6.37. The molecule has 92 valence electrons. The molecule has 0 aromatic heterocycles. The molecule has 0 saturated heterocycles. The zero-order valence-electron chi connectivity index (χ0n) is 9.72. The van der Waals surface area contributed by atoms with Crippen molar-refractivity contribution >= 4 is 28.9 Å². The molecule has 2 aromatic rings. The number of hydrogen-bond donors (Lipinski definition) is 0. The van der Waals surface area contributed by atoms with Crippen molar-refractivity contribution in [1.29, 1.82) is 0 Å². The minimum Gasteiger partial charge on any atom is -0.493 e. The molecule has 0 unspecified atom stereocenters. The molecule has 18 heavy (non-hydrogen) atoms. The van der Waals surface area contributed by atoms with Gasteiger partial charge in [-0.15, -0.1) is 0 Å². The Morgan fingerprint density at radius 3 is 2.39 bits per heavy atom. The average Bonchev–Trinajstić information content (AvgIpc) is 2.40. The van der Waals surface area contributed by atoms with Crippen molar-refractivity contribution in [3.8, 4) is 17.2 Å². The third kappa shape index (κ3) is 3.01. The monoisotopic (exact) mass is 354 g/mol. The first kappa shape index (κ1) is 12.9. The van der Waals surface area contributed by atoms with Crippen LogP contribution in [0.3, 0.4) is 0 Å². The summed E-state index contributed by atoms with van der Waals surface area (Å²) in [6.07, 6.45) is 0.801. The van der Waals surface area contributed by atoms with Crippen molar-refractivity contribution in [1.82, 2.24) is 0 Å². The van der Waals surface area contributed by atoms with E-state index >= 15 is 0 Å². The number of benzene rings is 2. The van der Waals surface area contributed by atoms with Crippen molar-refractivity contribution in [3.63, 3.8) is 0 Å². The highest BCUT2D eigenvalue weighted by Crippen LogP contribution is 2.32. The largest absolute Gasteiger partial charge is 0.493 e. The van der Waals surface area contributed by atoms with Crippen LogP contribution in [0.5, 0.6) is 17.2 Å². The van der Waals surface area contributed by atoms with E-state index in [1.54, 1.807) is 31.4 Å². The number of rotatable bonds is 4. The summed E-state index contributed by atoms with van der Waals surface area (Å²) in [5.41, 5.74) is 0.622. The van der Waals surface area contributed by atoms with Crippen LogP contribution < -0.4 is 9.47 Å². The number of aldehydes is 1. The Labute approximate surface area is 119 Å². The predicted molar refractivity (Wildman–Crippen MR) is 77.6 cm³/mol. The van der Waals surface area contributed by atoms with Gasteiger partial charge in [-0.3, -0.25) is 4.79 Å². The van der Waals surface area contributed by atoms with Crippen LogP contribution in [0.4, 0.5) is 0 Å². The van der Waals surface area contributed by atoms with Crippen LogP contribution in [0.15, 0.2) is 42.5 Å². The molecule has 0 N–H and O–H groups in total. The first-order chi connectivity index (χ1) is 8.72. The molecule has 0 heterocycles. The summed E-state index contributed by atoms with van der Waals surface area (Å²) in [6, 6.07) is 12.6. The number of ether oxygens (including phenoxy) is 2. The Kier molecular flexibility index (Phi) is 4.19. The summed E-state index contributed by atoms with van der Waals surface area (Å²) in [6.45, 7) is 0. The van der Waals surface area contributed by atoms with Crippen molar-refractivity contribution < 1.29 is 14.3 Å². The van der Waals surface area contributed by atoms with Gasteiger partial charge < -0.3 is 9.47 Å². The van der Waals surface area contributed by atoms with Crippen molar-refractivity contribution in [2.45, 2.75) is 0 Å². The third-order valence-electron chi connectivity index (χ3n) is 2.37. The van der Waals surface area contributed by atoms with Gasteiger partial charge in [0.05, 0.1) is 7.11 Å². The van der Waals surface area contributed by atoms with E-state index in [0.717, 1.165) is 9.86 Å². The van der Waals surface area contributed by atoms with Gasteiger partial charge >= 0.3 is 0 Å². The highest BCUT2D eigenvalue weighted by atomic mass is 127. The number of halogens is 1. The Balaban J connectivity index is 2.26. The maximum absolute atomic E-state index is 10.6. The number of methoxy groups -OCH3 is 1. The van der Waals surface area contributed by atoms with E-state index < -0.39 is 0 Å². The molecule has 0 fully saturated rings. The molecule has 0 aliphatic rings. The lowest BCUT2D eigenvalue weighted by atomic mass is 10.2. The van der Waals surface area contributed by atoms with E-state index in [1.165, 1.54) is 0 Å². The van der Waals surface area contributed by atoms with Crippen LogP contribution in [0.1, 0.15) is 10.4 Å². The summed E-state index contributed by atoms with van der Waals surface area (Å²) in [4.78, 5) is 10.6. The maximum atomic E-state index is 10.6. The maximum Gasteiger partial charge on any atom is 0.170 e. The molecule has 4 heteroatoms. The van der Waals surface area contributed by atoms with Crippen LogP contribution >= 0.6 is 22.6 Å². The molecule has 0 saturated carbocycles. The summed E-state index contributed by atoms with van der Waals surface area (Å²) in [5.74, 6) is 2.00. The van der Waals surface area contributed by atoms with E-state index in [-0.39, 0.29) is 0 Å². The van der Waals surface area contributed by atoms with Gasteiger partial charge in [-0.25, -0.2) is 0 Å². The Morgan fingerprint density at radius 2 is 1.78 bits per heavy atom. The summed E-state index contributed by atoms with van der Waals surface area (Å²) < 4.78 is 12.0. The van der Waals surface area contributed by atoms with Crippen LogP contribution in [0.2, 0.25) is 0 Å². The van der Waals surface area contributed by atoms with Crippen molar-refractivity contribution in [2.75, 3.05) is 7.11 Å². The molecule has 0 amide bonds. The fraction of sp³-hybridized carbons (Fsp3) is 0.0714. The smallest absolute Gasteiger partial charge is 0.170 e. The summed E-state index contributed by atoms with van der Waals surface area (Å²) >= 11 is 2.21. The van der Waals surface area contributed by atoms with E-state index in [4.69, 9.17) is 9.47 Å². The van der Waals surface area contributed by atoms with Gasteiger partial charge in [0.25, 0.3) is 0 Å². The van der Waals surface area contributed by atoms with Gasteiger partial charge in [-0.1, -0.05) is 0 Å². The molecular formula is C14H11IO3. The molecule has 0 bridgehead atoms. The van der Waals surface area contributed by atoms with E-state index in [1.807, 2.05) is 18.2 Å². The standard InChI is InChI=1S/C14H11IO3/c1-17-13-7-4-11(15)8-14(13)18-12-5-2-10(9-16)3-6-12/h2-9H,1H3. The van der Waals surface area contributed by atoms with Crippen molar-refractivity contribution in [3.05, 3.63) is 51.6 Å². The van der Waals surface area contributed by atoms with Crippen LogP contribution in [0.25, 0.3) is 0 Å². The zero-order valence-corrected chi connectivity index (χ0v) is 11.9. The Morgan fingerprint density at radius 1 is 1.06 bits per heavy atom.